The number of amides is 2. The average Bonchev–Trinajstić information content (AvgIpc) is 3.26. The summed E-state index contributed by atoms with van der Waals surface area (Å²) in [6, 6.07) is 11.7. The van der Waals surface area contributed by atoms with Crippen molar-refractivity contribution in [2.75, 3.05) is 36.5 Å². The first-order valence-corrected chi connectivity index (χ1v) is 10.4. The van der Waals surface area contributed by atoms with Gasteiger partial charge in [0.15, 0.2) is 0 Å². The van der Waals surface area contributed by atoms with Crippen molar-refractivity contribution in [3.8, 4) is 5.75 Å². The van der Waals surface area contributed by atoms with Crippen LogP contribution in [0.1, 0.15) is 43.0 Å². The van der Waals surface area contributed by atoms with Gasteiger partial charge in [0.2, 0.25) is 5.91 Å². The second-order valence-corrected chi connectivity index (χ2v) is 7.23. The molecule has 2 amide bonds. The van der Waals surface area contributed by atoms with Crippen molar-refractivity contribution in [3.63, 3.8) is 0 Å². The second kappa shape index (κ2) is 10.6. The summed E-state index contributed by atoms with van der Waals surface area (Å²) in [6.07, 6.45) is 2.89. The molecule has 0 spiro atoms. The predicted octanol–water partition coefficient (Wildman–Crippen LogP) is 3.97. The number of benzene rings is 2. The first kappa shape index (κ1) is 21.6. The highest BCUT2D eigenvalue weighted by Crippen LogP contribution is 2.25. The van der Waals surface area contributed by atoms with Crippen molar-refractivity contribution in [2.45, 2.75) is 32.6 Å². The Bertz CT molecular complexity index is 882. The van der Waals surface area contributed by atoms with Crippen LogP contribution in [-0.4, -0.2) is 38.1 Å². The van der Waals surface area contributed by atoms with Gasteiger partial charge in [-0.3, -0.25) is 9.59 Å². The summed E-state index contributed by atoms with van der Waals surface area (Å²) in [6.45, 7) is 4.50. The van der Waals surface area contributed by atoms with E-state index in [-0.39, 0.29) is 24.1 Å². The van der Waals surface area contributed by atoms with Crippen LogP contribution in [0.5, 0.6) is 5.75 Å². The number of nitrogens with one attached hydrogen (secondary N) is 2. The fourth-order valence-corrected chi connectivity index (χ4v) is 3.51. The largest absolute Gasteiger partial charge is 0.493 e. The van der Waals surface area contributed by atoms with E-state index in [1.807, 2.05) is 13.0 Å². The summed E-state index contributed by atoms with van der Waals surface area (Å²) >= 11 is 0. The van der Waals surface area contributed by atoms with Gasteiger partial charge in [0, 0.05) is 37.4 Å². The number of para-hydroxylation sites is 1. The van der Waals surface area contributed by atoms with Crippen LogP contribution >= 0.6 is 0 Å². The molecular weight excluding hydrogens is 385 g/mol. The number of hydrogen-bond acceptors (Lipinski definition) is 4. The van der Waals surface area contributed by atoms with E-state index in [0.29, 0.717) is 36.6 Å². The van der Waals surface area contributed by atoms with Gasteiger partial charge in [-0.25, -0.2) is 4.39 Å². The number of anilines is 2. The van der Waals surface area contributed by atoms with Gasteiger partial charge in [0.25, 0.3) is 5.91 Å². The Morgan fingerprint density at radius 3 is 2.67 bits per heavy atom. The van der Waals surface area contributed by atoms with E-state index >= 15 is 0 Å². The lowest BCUT2D eigenvalue weighted by molar-refractivity contribution is -0.116. The molecule has 1 saturated heterocycles. The molecule has 0 bridgehead atoms. The van der Waals surface area contributed by atoms with Crippen LogP contribution in [0.4, 0.5) is 15.8 Å². The van der Waals surface area contributed by atoms with E-state index in [2.05, 4.69) is 15.5 Å². The number of ether oxygens (including phenoxy) is 1. The molecule has 3 rings (SSSR count). The minimum Gasteiger partial charge on any atom is -0.493 e. The Labute approximate surface area is 176 Å². The molecule has 1 heterocycles. The second-order valence-electron chi connectivity index (χ2n) is 7.23. The fourth-order valence-electron chi connectivity index (χ4n) is 3.51. The lowest BCUT2D eigenvalue weighted by atomic mass is 10.2. The highest BCUT2D eigenvalue weighted by Gasteiger charge is 2.15. The lowest BCUT2D eigenvalue weighted by Crippen LogP contribution is -2.26. The monoisotopic (exact) mass is 413 g/mol. The normalized spacial score (nSPS) is 13.2. The molecule has 6 nitrogen and oxygen atoms in total. The van der Waals surface area contributed by atoms with Crippen LogP contribution < -0.4 is 20.3 Å². The molecule has 0 atom stereocenters. The minimum absolute atomic E-state index is 0.211. The molecule has 0 aliphatic carbocycles. The van der Waals surface area contributed by atoms with E-state index in [4.69, 9.17) is 4.74 Å². The van der Waals surface area contributed by atoms with Crippen LogP contribution in [0.15, 0.2) is 42.5 Å². The molecule has 2 aromatic carbocycles. The van der Waals surface area contributed by atoms with Crippen molar-refractivity contribution < 1.29 is 18.7 Å². The van der Waals surface area contributed by atoms with Gasteiger partial charge in [-0.2, -0.15) is 0 Å². The summed E-state index contributed by atoms with van der Waals surface area (Å²) in [5, 5.41) is 5.56. The zero-order valence-corrected chi connectivity index (χ0v) is 17.2. The van der Waals surface area contributed by atoms with Gasteiger partial charge in [-0.15, -0.1) is 0 Å². The first-order chi connectivity index (χ1) is 14.6. The molecule has 1 aliphatic rings. The van der Waals surface area contributed by atoms with Gasteiger partial charge < -0.3 is 20.3 Å². The average molecular weight is 413 g/mol. The third kappa shape index (κ3) is 5.95. The molecule has 0 saturated carbocycles. The quantitative estimate of drug-likeness (QED) is 0.610. The number of hydrogen-bond donors (Lipinski definition) is 2. The topological polar surface area (TPSA) is 70.7 Å². The highest BCUT2D eigenvalue weighted by molar-refractivity contribution is 5.97. The molecule has 0 radical (unpaired) electrons. The van der Waals surface area contributed by atoms with Gasteiger partial charge in [-0.05, 0) is 56.5 Å². The summed E-state index contributed by atoms with van der Waals surface area (Å²) in [5.74, 6) is -0.276. The van der Waals surface area contributed by atoms with Crippen LogP contribution in [0, 0.1) is 5.82 Å². The van der Waals surface area contributed by atoms with Crippen LogP contribution in [-0.2, 0) is 4.79 Å². The molecule has 160 valence electrons. The van der Waals surface area contributed by atoms with Crippen molar-refractivity contribution in [1.29, 1.82) is 0 Å². The standard InChI is InChI=1S/C23H28FN3O3/c1-2-30-21-9-4-3-8-20(21)23(29)25-11-7-10-22(28)26-18-14-17(24)15-19(16-18)27-12-5-6-13-27/h3-4,8-9,14-16H,2,5-7,10-13H2,1H3,(H,25,29)(H,26,28). The van der Waals surface area contributed by atoms with Crippen LogP contribution in [0.2, 0.25) is 0 Å². The Hall–Kier alpha value is -3.09. The third-order valence-electron chi connectivity index (χ3n) is 4.94. The molecule has 7 heteroatoms. The number of carbonyl (C=O) groups excluding carboxylic acids is 2. The maximum atomic E-state index is 13.9. The van der Waals surface area contributed by atoms with Gasteiger partial charge in [0.1, 0.15) is 11.6 Å². The van der Waals surface area contributed by atoms with Crippen molar-refractivity contribution in [2.24, 2.45) is 0 Å². The molecule has 30 heavy (non-hydrogen) atoms. The Kier molecular flexibility index (Phi) is 7.65. The maximum absolute atomic E-state index is 13.9. The van der Waals surface area contributed by atoms with E-state index in [9.17, 15) is 14.0 Å². The van der Waals surface area contributed by atoms with Crippen LogP contribution in [0.3, 0.4) is 0 Å². The van der Waals surface area contributed by atoms with Crippen molar-refractivity contribution in [1.82, 2.24) is 5.32 Å². The third-order valence-corrected chi connectivity index (χ3v) is 4.94. The minimum atomic E-state index is -0.366. The number of rotatable bonds is 9. The SMILES string of the molecule is CCOc1ccccc1C(=O)NCCCC(=O)Nc1cc(F)cc(N2CCCC2)c1. The lowest BCUT2D eigenvalue weighted by Gasteiger charge is -2.18. The summed E-state index contributed by atoms with van der Waals surface area (Å²) < 4.78 is 19.4. The number of nitrogens with zero attached hydrogens (tertiary/aromatic N) is 1. The Morgan fingerprint density at radius 1 is 1.13 bits per heavy atom. The summed E-state index contributed by atoms with van der Waals surface area (Å²) in [4.78, 5) is 26.7. The fraction of sp³-hybridized carbons (Fsp3) is 0.391. The summed E-state index contributed by atoms with van der Waals surface area (Å²) in [5.41, 5.74) is 1.72. The number of halogens is 1. The molecule has 0 aromatic heterocycles. The van der Waals surface area contributed by atoms with E-state index < -0.39 is 0 Å². The van der Waals surface area contributed by atoms with Gasteiger partial charge in [-0.1, -0.05) is 12.1 Å². The van der Waals surface area contributed by atoms with Crippen molar-refractivity contribution in [3.05, 3.63) is 53.8 Å². The molecule has 1 fully saturated rings. The number of carbonyl (C=O) groups is 2. The van der Waals surface area contributed by atoms with Crippen molar-refractivity contribution >= 4 is 23.2 Å². The van der Waals surface area contributed by atoms with E-state index in [1.54, 1.807) is 24.3 Å². The van der Waals surface area contributed by atoms with E-state index in [0.717, 1.165) is 31.6 Å². The predicted molar refractivity (Wildman–Crippen MR) is 116 cm³/mol. The maximum Gasteiger partial charge on any atom is 0.255 e. The highest BCUT2D eigenvalue weighted by atomic mass is 19.1. The molecule has 1 aliphatic heterocycles. The smallest absolute Gasteiger partial charge is 0.255 e. The zero-order chi connectivity index (χ0) is 21.3. The summed E-state index contributed by atoms with van der Waals surface area (Å²) in [7, 11) is 0. The van der Waals surface area contributed by atoms with Gasteiger partial charge in [0.05, 0.1) is 12.2 Å². The van der Waals surface area contributed by atoms with Crippen LogP contribution in [0.25, 0.3) is 0 Å². The molecule has 2 N–H and O–H groups in total. The molecular formula is C23H28FN3O3. The first-order valence-electron chi connectivity index (χ1n) is 10.4. The molecule has 2 aromatic rings. The Balaban J connectivity index is 1.46. The zero-order valence-electron chi connectivity index (χ0n) is 17.2. The van der Waals surface area contributed by atoms with E-state index in [1.165, 1.54) is 12.1 Å². The Morgan fingerprint density at radius 2 is 1.90 bits per heavy atom. The molecule has 0 unspecified atom stereocenters. The van der Waals surface area contributed by atoms with Gasteiger partial charge >= 0.3 is 0 Å².